The second-order valence-corrected chi connectivity index (χ2v) is 6.34. The van der Waals surface area contributed by atoms with E-state index >= 15 is 0 Å². The Morgan fingerprint density at radius 3 is 2.27 bits per heavy atom. The molecule has 0 unspecified atom stereocenters. The fourth-order valence-corrected chi connectivity index (χ4v) is 2.25. The predicted octanol–water partition coefficient (Wildman–Crippen LogP) is 2.23. The summed E-state index contributed by atoms with van der Waals surface area (Å²) in [7, 11) is 0.717. The normalized spacial score (nSPS) is 20.7. The predicted molar refractivity (Wildman–Crippen MR) is 82.7 cm³/mol. The van der Waals surface area contributed by atoms with Gasteiger partial charge in [-0.15, -0.1) is 0 Å². The molecule has 0 amide bonds. The molecule has 1 atom stereocenters. The molecule has 1 aromatic rings. The lowest BCUT2D eigenvalue weighted by atomic mass is 9.75. The van der Waals surface area contributed by atoms with Crippen LogP contribution in [0.1, 0.15) is 39.2 Å². The van der Waals surface area contributed by atoms with E-state index in [9.17, 15) is 10.1 Å². The van der Waals surface area contributed by atoms with Crippen molar-refractivity contribution in [1.29, 1.82) is 0 Å². The molecule has 0 aliphatic carbocycles. The number of ether oxygens (including phenoxy) is 1. The Hall–Kier alpha value is -1.64. The minimum absolute atomic E-state index is 0.132. The summed E-state index contributed by atoms with van der Waals surface area (Å²) in [4.78, 5) is 10.6. The largest absolute Gasteiger partial charge is 0.490 e. The van der Waals surface area contributed by atoms with Crippen LogP contribution < -0.4 is 10.5 Å². The molecule has 0 bridgehead atoms. The van der Waals surface area contributed by atoms with Crippen molar-refractivity contribution >= 4 is 12.8 Å². The minimum Gasteiger partial charge on any atom is -0.490 e. The second-order valence-electron chi connectivity index (χ2n) is 6.34. The highest BCUT2D eigenvalue weighted by atomic mass is 16.7. The van der Waals surface area contributed by atoms with Crippen molar-refractivity contribution in [3.8, 4) is 5.75 Å². The molecule has 2 rings (SSSR count). The molecular weight excluding hydrogens is 287 g/mol. The van der Waals surface area contributed by atoms with Crippen LogP contribution in [0, 0.1) is 10.1 Å². The van der Waals surface area contributed by atoms with Gasteiger partial charge in [0.15, 0.2) is 5.75 Å². The van der Waals surface area contributed by atoms with E-state index in [0.29, 0.717) is 5.56 Å². The fraction of sp³-hybridized carbons (Fsp3) is 0.571. The Labute approximate surface area is 130 Å². The molecular formula is C14H21BN2O5. The maximum atomic E-state index is 11.1. The maximum Gasteiger partial charge on any atom is 0.480 e. The zero-order valence-electron chi connectivity index (χ0n) is 13.5. The summed E-state index contributed by atoms with van der Waals surface area (Å²) in [5.41, 5.74) is 5.61. The topological polar surface area (TPSA) is 96.9 Å². The lowest BCUT2D eigenvalue weighted by molar-refractivity contribution is -0.385. The highest BCUT2D eigenvalue weighted by molar-refractivity contribution is 6.47. The van der Waals surface area contributed by atoms with Crippen LogP contribution >= 0.6 is 0 Å². The first-order valence-electron chi connectivity index (χ1n) is 7.02. The number of hydrogen-bond donors (Lipinski definition) is 1. The van der Waals surface area contributed by atoms with Crippen LogP contribution in [-0.4, -0.2) is 30.4 Å². The Kier molecular flexibility index (Phi) is 4.21. The second kappa shape index (κ2) is 5.53. The van der Waals surface area contributed by atoms with Gasteiger partial charge < -0.3 is 19.8 Å². The van der Waals surface area contributed by atoms with Crippen LogP contribution in [0.3, 0.4) is 0 Å². The molecule has 22 heavy (non-hydrogen) atoms. The van der Waals surface area contributed by atoms with Crippen LogP contribution in [-0.2, 0) is 9.31 Å². The third kappa shape index (κ3) is 2.81. The number of hydrogen-bond acceptors (Lipinski definition) is 6. The molecule has 2 N–H and O–H groups in total. The van der Waals surface area contributed by atoms with Gasteiger partial charge in [0.05, 0.1) is 29.2 Å². The van der Waals surface area contributed by atoms with E-state index in [1.54, 1.807) is 6.07 Å². The molecule has 1 heterocycles. The van der Waals surface area contributed by atoms with Gasteiger partial charge in [0.25, 0.3) is 0 Å². The SMILES string of the molecule is COc1ccc([C@@H](N)B2OC(C)(C)C(C)(C)O2)cc1[N+](=O)[O-]. The Morgan fingerprint density at radius 2 is 1.82 bits per heavy atom. The van der Waals surface area contributed by atoms with Gasteiger partial charge in [-0.25, -0.2) is 0 Å². The van der Waals surface area contributed by atoms with Crippen LogP contribution in [0.25, 0.3) is 0 Å². The maximum absolute atomic E-state index is 11.1. The van der Waals surface area contributed by atoms with Crippen LogP contribution in [0.5, 0.6) is 5.75 Å². The summed E-state index contributed by atoms with van der Waals surface area (Å²) in [5.74, 6) is -0.444. The summed E-state index contributed by atoms with van der Waals surface area (Å²) >= 11 is 0. The summed E-state index contributed by atoms with van der Waals surface area (Å²) in [6.45, 7) is 7.71. The van der Waals surface area contributed by atoms with Gasteiger partial charge in [-0.05, 0) is 39.3 Å². The van der Waals surface area contributed by atoms with Crippen LogP contribution in [0.15, 0.2) is 18.2 Å². The third-order valence-electron chi connectivity index (χ3n) is 4.35. The Bertz CT molecular complexity index is 575. The van der Waals surface area contributed by atoms with Crippen LogP contribution in [0.4, 0.5) is 5.69 Å². The smallest absolute Gasteiger partial charge is 0.480 e. The molecule has 8 heteroatoms. The Balaban J connectivity index is 2.29. The number of benzene rings is 1. The van der Waals surface area contributed by atoms with E-state index in [1.165, 1.54) is 19.2 Å². The van der Waals surface area contributed by atoms with E-state index in [4.69, 9.17) is 19.8 Å². The van der Waals surface area contributed by atoms with Gasteiger partial charge in [-0.1, -0.05) is 6.07 Å². The molecule has 1 aliphatic heterocycles. The van der Waals surface area contributed by atoms with E-state index < -0.39 is 29.2 Å². The highest BCUT2D eigenvalue weighted by Crippen LogP contribution is 2.40. The van der Waals surface area contributed by atoms with Gasteiger partial charge in [-0.3, -0.25) is 10.1 Å². The van der Waals surface area contributed by atoms with Crippen LogP contribution in [0.2, 0.25) is 0 Å². The highest BCUT2D eigenvalue weighted by Gasteiger charge is 2.53. The van der Waals surface area contributed by atoms with Crippen molar-refractivity contribution in [3.05, 3.63) is 33.9 Å². The molecule has 1 aromatic carbocycles. The molecule has 1 saturated heterocycles. The molecule has 120 valence electrons. The lowest BCUT2D eigenvalue weighted by Crippen LogP contribution is -2.41. The van der Waals surface area contributed by atoms with Crippen molar-refractivity contribution in [2.24, 2.45) is 5.73 Å². The van der Waals surface area contributed by atoms with Crippen molar-refractivity contribution < 1.29 is 19.0 Å². The summed E-state index contributed by atoms with van der Waals surface area (Å²) in [6.07, 6.45) is 0. The van der Waals surface area contributed by atoms with Gasteiger partial charge in [0.1, 0.15) is 0 Å². The average Bonchev–Trinajstić information content (AvgIpc) is 2.65. The standard InChI is InChI=1S/C14H21BN2O5/c1-13(2)14(3,4)22-15(21-13)12(16)9-6-7-11(20-5)10(8-9)17(18)19/h6-8,12H,16H2,1-5H3/t12-/m1/s1. The number of nitro benzene ring substituents is 1. The average molecular weight is 308 g/mol. The van der Waals surface area contributed by atoms with Gasteiger partial charge in [0, 0.05) is 6.07 Å². The molecule has 0 radical (unpaired) electrons. The first-order chi connectivity index (χ1) is 10.1. The lowest BCUT2D eigenvalue weighted by Gasteiger charge is -2.32. The zero-order valence-corrected chi connectivity index (χ0v) is 13.5. The van der Waals surface area contributed by atoms with Crippen molar-refractivity contribution in [3.63, 3.8) is 0 Å². The van der Waals surface area contributed by atoms with Crippen molar-refractivity contribution in [1.82, 2.24) is 0 Å². The van der Waals surface area contributed by atoms with E-state index in [0.717, 1.165) is 0 Å². The number of nitrogens with two attached hydrogens (primary N) is 1. The summed E-state index contributed by atoms with van der Waals surface area (Å²) in [5, 5.41) is 11.1. The number of rotatable bonds is 4. The molecule has 0 spiro atoms. The first kappa shape index (κ1) is 16.7. The summed E-state index contributed by atoms with van der Waals surface area (Å²) < 4.78 is 16.8. The summed E-state index contributed by atoms with van der Waals surface area (Å²) in [6, 6.07) is 4.61. The van der Waals surface area contributed by atoms with E-state index in [2.05, 4.69) is 0 Å². The van der Waals surface area contributed by atoms with Gasteiger partial charge in [0.2, 0.25) is 0 Å². The number of methoxy groups -OCH3 is 1. The van der Waals surface area contributed by atoms with Gasteiger partial charge >= 0.3 is 12.8 Å². The Morgan fingerprint density at radius 1 is 1.27 bits per heavy atom. The van der Waals surface area contributed by atoms with Crippen molar-refractivity contribution in [2.45, 2.75) is 44.8 Å². The first-order valence-corrected chi connectivity index (χ1v) is 7.02. The monoisotopic (exact) mass is 308 g/mol. The fourth-order valence-electron chi connectivity index (χ4n) is 2.25. The van der Waals surface area contributed by atoms with Gasteiger partial charge in [-0.2, -0.15) is 0 Å². The molecule has 1 aliphatic rings. The van der Waals surface area contributed by atoms with Crippen molar-refractivity contribution in [2.75, 3.05) is 7.11 Å². The number of nitro groups is 1. The zero-order chi connectivity index (χ0) is 16.7. The number of nitrogens with zero attached hydrogens (tertiary/aromatic N) is 1. The van der Waals surface area contributed by atoms with E-state index in [-0.39, 0.29) is 11.4 Å². The quantitative estimate of drug-likeness (QED) is 0.520. The molecule has 0 saturated carbocycles. The van der Waals surface area contributed by atoms with E-state index in [1.807, 2.05) is 27.7 Å². The molecule has 7 nitrogen and oxygen atoms in total. The minimum atomic E-state index is -0.669. The third-order valence-corrected chi connectivity index (χ3v) is 4.35. The molecule has 1 fully saturated rings. The molecule has 0 aromatic heterocycles.